The molecular formula is C24H27F4N3O2. The Kier molecular flexibility index (Phi) is 6.03. The summed E-state index contributed by atoms with van der Waals surface area (Å²) in [7, 11) is 0. The smallest absolute Gasteiger partial charge is 0.382 e. The van der Waals surface area contributed by atoms with Crippen molar-refractivity contribution in [1.29, 1.82) is 0 Å². The number of allylic oxidation sites excluding steroid dienone is 3. The van der Waals surface area contributed by atoms with Gasteiger partial charge in [0.05, 0.1) is 18.2 Å². The number of fused-ring (bicyclic) bond motifs is 1. The van der Waals surface area contributed by atoms with Crippen LogP contribution in [0.3, 0.4) is 0 Å². The number of nitrogens with one attached hydrogen (secondary N) is 2. The van der Waals surface area contributed by atoms with Crippen molar-refractivity contribution in [2.45, 2.75) is 50.8 Å². The topological polar surface area (TPSA) is 64.6 Å². The summed E-state index contributed by atoms with van der Waals surface area (Å²) in [4.78, 5) is 14.7. The normalized spacial score (nSPS) is 24.9. The second kappa shape index (κ2) is 8.52. The Morgan fingerprint density at radius 2 is 2.00 bits per heavy atom. The Labute approximate surface area is 189 Å². The van der Waals surface area contributed by atoms with Crippen LogP contribution < -0.4 is 10.9 Å². The predicted octanol–water partition coefficient (Wildman–Crippen LogP) is 3.84. The van der Waals surface area contributed by atoms with E-state index < -0.39 is 36.1 Å². The van der Waals surface area contributed by atoms with E-state index in [9.17, 15) is 27.5 Å². The van der Waals surface area contributed by atoms with Crippen molar-refractivity contribution in [1.82, 2.24) is 15.8 Å². The molecule has 5 nitrogen and oxygen atoms in total. The van der Waals surface area contributed by atoms with Gasteiger partial charge in [-0.3, -0.25) is 4.79 Å². The number of hydrazine groups is 1. The number of carbonyl (C=O) groups is 1. The zero-order chi connectivity index (χ0) is 24.0. The summed E-state index contributed by atoms with van der Waals surface area (Å²) in [5.74, 6) is -1.44. The van der Waals surface area contributed by atoms with Gasteiger partial charge in [-0.1, -0.05) is 19.1 Å². The second-order valence-corrected chi connectivity index (χ2v) is 8.89. The molecule has 1 aromatic rings. The molecule has 1 aliphatic heterocycles. The van der Waals surface area contributed by atoms with E-state index >= 15 is 0 Å². The number of hydrogen-bond donors (Lipinski definition) is 3. The molecule has 3 aliphatic rings. The first-order valence-corrected chi connectivity index (χ1v) is 11.0. The number of aliphatic hydroxyl groups is 1. The minimum atomic E-state index is -4.80. The number of halogens is 4. The Hall–Kier alpha value is -2.81. The third-order valence-corrected chi connectivity index (χ3v) is 6.80. The lowest BCUT2D eigenvalue weighted by molar-refractivity contribution is -0.208. The summed E-state index contributed by atoms with van der Waals surface area (Å²) >= 11 is 0. The van der Waals surface area contributed by atoms with E-state index in [-0.39, 0.29) is 12.4 Å². The summed E-state index contributed by atoms with van der Waals surface area (Å²) in [5.41, 5.74) is 9.60. The highest BCUT2D eigenvalue weighted by Crippen LogP contribution is 2.54. The molecule has 9 heteroatoms. The number of nitrogens with zero attached hydrogens (tertiary/aromatic N) is 1. The molecule has 0 fully saturated rings. The molecule has 3 atom stereocenters. The molecule has 1 aromatic carbocycles. The largest absolute Gasteiger partial charge is 0.416 e. The van der Waals surface area contributed by atoms with Crippen molar-refractivity contribution in [3.8, 4) is 0 Å². The number of hydrogen-bond acceptors (Lipinski definition) is 4. The average Bonchev–Trinajstić information content (AvgIpc) is 3.40. The van der Waals surface area contributed by atoms with E-state index in [0.717, 1.165) is 32.9 Å². The van der Waals surface area contributed by atoms with Crippen LogP contribution in [0.1, 0.15) is 38.7 Å². The third kappa shape index (κ3) is 4.03. The average molecular weight is 465 g/mol. The van der Waals surface area contributed by atoms with Crippen molar-refractivity contribution in [2.75, 3.05) is 13.1 Å². The number of benzene rings is 1. The summed E-state index contributed by atoms with van der Waals surface area (Å²) in [6.45, 7) is 3.06. The van der Waals surface area contributed by atoms with E-state index in [1.807, 2.05) is 13.0 Å². The molecule has 0 radical (unpaired) electrons. The van der Waals surface area contributed by atoms with Crippen LogP contribution in [0.2, 0.25) is 0 Å². The maximum atomic E-state index is 13.7. The number of aliphatic hydroxyl groups excluding tert-OH is 1. The van der Waals surface area contributed by atoms with Crippen LogP contribution in [0.4, 0.5) is 17.6 Å². The van der Waals surface area contributed by atoms with E-state index in [1.54, 1.807) is 25.3 Å². The highest BCUT2D eigenvalue weighted by Gasteiger charge is 2.50. The third-order valence-electron chi connectivity index (χ3n) is 6.80. The van der Waals surface area contributed by atoms with Crippen LogP contribution >= 0.6 is 0 Å². The molecule has 178 valence electrons. The van der Waals surface area contributed by atoms with Gasteiger partial charge in [-0.15, -0.1) is 0 Å². The monoisotopic (exact) mass is 465 g/mol. The standard InChI is InChI=1S/C24H27F4N3O2/c1-3-10-31(13-20(32)24(26,27)28)22(33)17-9-4-14-11-19-18(12-29-30-19)23(2,21(14)17)15-5-7-16(25)8-6-15/h5-8,11-12,17,20,29-30,32H,3-4,9-10,13H2,1-2H3/t17-,20+,23+/m0/s1. The van der Waals surface area contributed by atoms with Gasteiger partial charge in [-0.25, -0.2) is 4.39 Å². The lowest BCUT2D eigenvalue weighted by Gasteiger charge is -2.40. The van der Waals surface area contributed by atoms with E-state index in [2.05, 4.69) is 10.9 Å². The quantitative estimate of drug-likeness (QED) is 0.559. The highest BCUT2D eigenvalue weighted by molar-refractivity contribution is 5.85. The number of amides is 1. The predicted molar refractivity (Wildman–Crippen MR) is 115 cm³/mol. The van der Waals surface area contributed by atoms with Crippen molar-refractivity contribution in [3.63, 3.8) is 0 Å². The summed E-state index contributed by atoms with van der Waals surface area (Å²) in [6, 6.07) is 6.09. The Morgan fingerprint density at radius 3 is 2.64 bits per heavy atom. The SMILES string of the molecule is CCCN(C[C@@H](O)C(F)(F)F)C(=O)[C@H]1CCC2=C1[C@](C)(c1ccc(F)cc1)C1=CNNC1=C2. The first-order valence-electron chi connectivity index (χ1n) is 11.0. The first kappa shape index (κ1) is 23.4. The molecule has 1 amide bonds. The molecule has 0 spiro atoms. The highest BCUT2D eigenvalue weighted by atomic mass is 19.4. The van der Waals surface area contributed by atoms with Gasteiger partial charge in [0.1, 0.15) is 5.82 Å². The van der Waals surface area contributed by atoms with Crippen LogP contribution in [0.5, 0.6) is 0 Å². The minimum absolute atomic E-state index is 0.116. The van der Waals surface area contributed by atoms with Crippen LogP contribution in [0, 0.1) is 11.7 Å². The number of alkyl halides is 3. The lowest BCUT2D eigenvalue weighted by atomic mass is 9.64. The van der Waals surface area contributed by atoms with Crippen LogP contribution in [-0.2, 0) is 10.2 Å². The van der Waals surface area contributed by atoms with Gasteiger partial charge in [0.25, 0.3) is 0 Å². The molecule has 0 saturated carbocycles. The van der Waals surface area contributed by atoms with Gasteiger partial charge >= 0.3 is 6.18 Å². The Balaban J connectivity index is 1.75. The number of carbonyl (C=O) groups excluding carboxylic acids is 1. The Morgan fingerprint density at radius 1 is 1.30 bits per heavy atom. The van der Waals surface area contributed by atoms with Gasteiger partial charge in [0.2, 0.25) is 5.91 Å². The molecule has 0 aromatic heterocycles. The molecule has 4 rings (SSSR count). The van der Waals surface area contributed by atoms with Gasteiger partial charge in [-0.05, 0) is 61.1 Å². The van der Waals surface area contributed by atoms with Crippen LogP contribution in [-0.4, -0.2) is 41.3 Å². The van der Waals surface area contributed by atoms with Gasteiger partial charge in [-0.2, -0.15) is 13.2 Å². The molecule has 33 heavy (non-hydrogen) atoms. The van der Waals surface area contributed by atoms with Crippen molar-refractivity contribution >= 4 is 5.91 Å². The van der Waals surface area contributed by atoms with Crippen molar-refractivity contribution in [3.05, 3.63) is 70.3 Å². The van der Waals surface area contributed by atoms with Gasteiger partial charge in [0.15, 0.2) is 6.10 Å². The molecule has 3 N–H and O–H groups in total. The summed E-state index contributed by atoms with van der Waals surface area (Å²) < 4.78 is 52.8. The Bertz CT molecular complexity index is 1030. The molecule has 1 heterocycles. The summed E-state index contributed by atoms with van der Waals surface area (Å²) in [5, 5.41) is 9.64. The number of rotatable bonds is 6. The second-order valence-electron chi connectivity index (χ2n) is 8.89. The van der Waals surface area contributed by atoms with E-state index in [0.29, 0.717) is 19.3 Å². The van der Waals surface area contributed by atoms with Gasteiger partial charge < -0.3 is 20.9 Å². The fourth-order valence-electron chi connectivity index (χ4n) is 5.24. The molecule has 2 aliphatic carbocycles. The molecule has 0 unspecified atom stereocenters. The molecule has 0 saturated heterocycles. The maximum absolute atomic E-state index is 13.7. The van der Waals surface area contributed by atoms with Crippen LogP contribution in [0.15, 0.2) is 59.0 Å². The molecule has 0 bridgehead atoms. The fourth-order valence-corrected chi connectivity index (χ4v) is 5.24. The minimum Gasteiger partial charge on any atom is -0.382 e. The lowest BCUT2D eigenvalue weighted by Crippen LogP contribution is -2.47. The van der Waals surface area contributed by atoms with Crippen LogP contribution in [0.25, 0.3) is 0 Å². The first-order chi connectivity index (χ1) is 15.6. The fraction of sp³-hybridized carbons (Fsp3) is 0.458. The van der Waals surface area contributed by atoms with E-state index in [1.165, 1.54) is 12.1 Å². The van der Waals surface area contributed by atoms with Gasteiger partial charge in [0, 0.05) is 23.7 Å². The zero-order valence-electron chi connectivity index (χ0n) is 18.5. The summed E-state index contributed by atoms with van der Waals surface area (Å²) in [6.07, 6.45) is -2.10. The van der Waals surface area contributed by atoms with Crippen molar-refractivity contribution < 1.29 is 27.5 Å². The van der Waals surface area contributed by atoms with Crippen molar-refractivity contribution in [2.24, 2.45) is 5.92 Å². The van der Waals surface area contributed by atoms with E-state index in [4.69, 9.17) is 0 Å². The molecular weight excluding hydrogens is 438 g/mol. The zero-order valence-corrected chi connectivity index (χ0v) is 18.5. The maximum Gasteiger partial charge on any atom is 0.416 e.